The van der Waals surface area contributed by atoms with Gasteiger partial charge in [-0.25, -0.2) is 0 Å². The minimum Gasteiger partial charge on any atom is -0.508 e. The summed E-state index contributed by atoms with van der Waals surface area (Å²) in [4.78, 5) is 15.8. The van der Waals surface area contributed by atoms with E-state index in [1.165, 1.54) is 11.3 Å². The fourth-order valence-electron chi connectivity index (χ4n) is 3.44. The lowest BCUT2D eigenvalue weighted by Crippen LogP contribution is -2.35. The number of hydrogen-bond acceptors (Lipinski definition) is 5. The molecule has 0 aliphatic carbocycles. The second-order valence-electron chi connectivity index (χ2n) is 6.97. The largest absolute Gasteiger partial charge is 0.508 e. The van der Waals surface area contributed by atoms with Gasteiger partial charge in [0, 0.05) is 25.2 Å². The van der Waals surface area contributed by atoms with Gasteiger partial charge in [-0.05, 0) is 35.7 Å². The third-order valence-electron chi connectivity index (χ3n) is 4.93. The molecule has 1 aromatic heterocycles. The monoisotopic (exact) mass is 408 g/mol. The Bertz CT molecular complexity index is 965. The highest BCUT2D eigenvalue weighted by Crippen LogP contribution is 2.39. The van der Waals surface area contributed by atoms with Gasteiger partial charge in [0.1, 0.15) is 5.75 Å². The summed E-state index contributed by atoms with van der Waals surface area (Å²) in [5, 5.41) is 13.7. The topological polar surface area (TPSA) is 61.8 Å². The third-order valence-corrected chi connectivity index (χ3v) is 6.12. The number of nitrogens with zero attached hydrogens (tertiary/aromatic N) is 1. The van der Waals surface area contributed by atoms with Crippen molar-refractivity contribution in [1.29, 1.82) is 0 Å². The van der Waals surface area contributed by atoms with E-state index in [0.717, 1.165) is 34.8 Å². The van der Waals surface area contributed by atoms with Crippen LogP contribution in [0.5, 0.6) is 5.75 Å². The Kier molecular flexibility index (Phi) is 6.12. The molecule has 0 saturated carbocycles. The number of ether oxygens (including phenoxy) is 1. The molecule has 2 heterocycles. The Morgan fingerprint density at radius 3 is 2.62 bits per heavy atom. The van der Waals surface area contributed by atoms with Crippen LogP contribution in [-0.2, 0) is 11.2 Å². The Balaban J connectivity index is 1.50. The Hall–Kier alpha value is -2.83. The molecule has 2 N–H and O–H groups in total. The molecule has 1 saturated heterocycles. The average Bonchev–Trinajstić information content (AvgIpc) is 3.21. The summed E-state index contributed by atoms with van der Waals surface area (Å²) in [5.74, 6) is 0.182. The van der Waals surface area contributed by atoms with Gasteiger partial charge in [-0.15, -0.1) is 11.3 Å². The Morgan fingerprint density at radius 1 is 1.07 bits per heavy atom. The maximum Gasteiger partial charge on any atom is 0.261 e. The number of anilines is 1. The molecular weight excluding hydrogens is 384 g/mol. The quantitative estimate of drug-likeness (QED) is 0.649. The van der Waals surface area contributed by atoms with E-state index in [1.807, 2.05) is 36.4 Å². The fraction of sp³-hybridized carbons (Fsp3) is 0.261. The van der Waals surface area contributed by atoms with Crippen LogP contribution >= 0.6 is 11.3 Å². The molecule has 150 valence electrons. The lowest BCUT2D eigenvalue weighted by atomic mass is 10.1. The summed E-state index contributed by atoms with van der Waals surface area (Å²) in [6.45, 7) is 3.60. The number of phenols is 1. The molecule has 0 unspecified atom stereocenters. The van der Waals surface area contributed by atoms with Crippen molar-refractivity contribution >= 4 is 22.2 Å². The van der Waals surface area contributed by atoms with Crippen LogP contribution < -0.4 is 10.2 Å². The molecule has 6 heteroatoms. The molecule has 2 aromatic carbocycles. The first-order valence-electron chi connectivity index (χ1n) is 9.79. The van der Waals surface area contributed by atoms with Crippen LogP contribution in [0, 0.1) is 0 Å². The van der Waals surface area contributed by atoms with Gasteiger partial charge in [0.25, 0.3) is 5.91 Å². The van der Waals surface area contributed by atoms with Gasteiger partial charge in [0.2, 0.25) is 0 Å². The zero-order chi connectivity index (χ0) is 20.1. The molecule has 3 aromatic rings. The molecular formula is C23H24N2O3S. The lowest BCUT2D eigenvalue weighted by Gasteiger charge is -2.28. The zero-order valence-electron chi connectivity index (χ0n) is 16.1. The van der Waals surface area contributed by atoms with Gasteiger partial charge < -0.3 is 20.1 Å². The molecule has 1 fully saturated rings. The summed E-state index contributed by atoms with van der Waals surface area (Å²) < 4.78 is 5.49. The van der Waals surface area contributed by atoms with Crippen LogP contribution in [0.3, 0.4) is 0 Å². The second kappa shape index (κ2) is 9.11. The summed E-state index contributed by atoms with van der Waals surface area (Å²) in [6, 6.07) is 19.3. The highest BCUT2D eigenvalue weighted by Gasteiger charge is 2.21. The normalized spacial score (nSPS) is 14.0. The number of aromatic hydroxyl groups is 1. The van der Waals surface area contributed by atoms with Crippen LogP contribution in [-0.4, -0.2) is 43.9 Å². The molecule has 0 radical (unpaired) electrons. The van der Waals surface area contributed by atoms with E-state index in [1.54, 1.807) is 12.1 Å². The number of carbonyl (C=O) groups is 1. The van der Waals surface area contributed by atoms with Crippen molar-refractivity contribution in [3.8, 4) is 16.9 Å². The SMILES string of the molecule is O=C(NCCc1cccc(O)c1)c1cc(-c2ccccc2)c(N2CCOCC2)s1. The van der Waals surface area contributed by atoms with Gasteiger partial charge in [-0.2, -0.15) is 0 Å². The van der Waals surface area contributed by atoms with Gasteiger partial charge in [0.05, 0.1) is 23.1 Å². The lowest BCUT2D eigenvalue weighted by molar-refractivity contribution is 0.0958. The van der Waals surface area contributed by atoms with Crippen molar-refractivity contribution < 1.29 is 14.6 Å². The molecule has 1 aliphatic rings. The predicted octanol–water partition coefficient (Wildman–Crippen LogP) is 3.93. The van der Waals surface area contributed by atoms with Gasteiger partial charge in [-0.1, -0.05) is 42.5 Å². The zero-order valence-corrected chi connectivity index (χ0v) is 17.0. The average molecular weight is 409 g/mol. The molecule has 5 nitrogen and oxygen atoms in total. The number of thiophene rings is 1. The molecule has 29 heavy (non-hydrogen) atoms. The second-order valence-corrected chi connectivity index (χ2v) is 8.00. The number of benzene rings is 2. The van der Waals surface area contributed by atoms with Gasteiger partial charge >= 0.3 is 0 Å². The number of nitrogens with one attached hydrogen (secondary N) is 1. The highest BCUT2D eigenvalue weighted by molar-refractivity contribution is 7.18. The van der Waals surface area contributed by atoms with Crippen molar-refractivity contribution in [2.75, 3.05) is 37.7 Å². The van der Waals surface area contributed by atoms with Crippen molar-refractivity contribution in [2.45, 2.75) is 6.42 Å². The van der Waals surface area contributed by atoms with E-state index >= 15 is 0 Å². The minimum absolute atomic E-state index is 0.0631. The first-order valence-corrected chi connectivity index (χ1v) is 10.6. The van der Waals surface area contributed by atoms with E-state index in [-0.39, 0.29) is 11.7 Å². The summed E-state index contributed by atoms with van der Waals surface area (Å²) >= 11 is 1.54. The van der Waals surface area contributed by atoms with Crippen LogP contribution in [0.2, 0.25) is 0 Å². The number of rotatable bonds is 6. The summed E-state index contributed by atoms with van der Waals surface area (Å²) in [5.41, 5.74) is 3.20. The predicted molar refractivity (Wildman–Crippen MR) is 117 cm³/mol. The maximum atomic E-state index is 12.8. The van der Waals surface area contributed by atoms with E-state index in [9.17, 15) is 9.90 Å². The Labute approximate surface area is 174 Å². The van der Waals surface area contributed by atoms with Crippen LogP contribution in [0.1, 0.15) is 15.2 Å². The van der Waals surface area contributed by atoms with Crippen molar-refractivity contribution in [3.63, 3.8) is 0 Å². The maximum absolute atomic E-state index is 12.8. The van der Waals surface area contributed by atoms with Crippen LogP contribution in [0.25, 0.3) is 11.1 Å². The molecule has 4 rings (SSSR count). The van der Waals surface area contributed by atoms with E-state index in [0.29, 0.717) is 31.1 Å². The van der Waals surface area contributed by atoms with Gasteiger partial charge in [-0.3, -0.25) is 4.79 Å². The highest BCUT2D eigenvalue weighted by atomic mass is 32.1. The van der Waals surface area contributed by atoms with E-state index < -0.39 is 0 Å². The summed E-state index contributed by atoms with van der Waals surface area (Å²) in [6.07, 6.45) is 0.674. The molecule has 0 bridgehead atoms. The molecule has 1 aliphatic heterocycles. The Morgan fingerprint density at radius 2 is 1.86 bits per heavy atom. The van der Waals surface area contributed by atoms with Crippen LogP contribution in [0.15, 0.2) is 60.7 Å². The fourth-order valence-corrected chi connectivity index (χ4v) is 4.59. The van der Waals surface area contributed by atoms with Gasteiger partial charge in [0.15, 0.2) is 0 Å². The van der Waals surface area contributed by atoms with Crippen LogP contribution in [0.4, 0.5) is 5.00 Å². The molecule has 1 amide bonds. The van der Waals surface area contributed by atoms with E-state index in [2.05, 4.69) is 22.3 Å². The first-order chi connectivity index (χ1) is 14.2. The van der Waals surface area contributed by atoms with E-state index in [4.69, 9.17) is 4.74 Å². The number of phenolic OH excluding ortho intramolecular Hbond substituents is 1. The van der Waals surface area contributed by atoms with Crippen molar-refractivity contribution in [3.05, 3.63) is 71.1 Å². The number of hydrogen-bond donors (Lipinski definition) is 2. The smallest absolute Gasteiger partial charge is 0.261 e. The van der Waals surface area contributed by atoms with Crippen molar-refractivity contribution in [1.82, 2.24) is 5.32 Å². The standard InChI is InChI=1S/C23H24N2O3S/c26-19-8-4-5-17(15-19)9-10-24-22(27)21-16-20(18-6-2-1-3-7-18)23(29-21)25-11-13-28-14-12-25/h1-8,15-16,26H,9-14H2,(H,24,27). The number of carbonyl (C=O) groups excluding carboxylic acids is 1. The van der Waals surface area contributed by atoms with Crippen molar-refractivity contribution in [2.24, 2.45) is 0 Å². The molecule has 0 spiro atoms. The minimum atomic E-state index is -0.0631. The first kappa shape index (κ1) is 19.5. The number of amides is 1. The molecule has 0 atom stereocenters. The summed E-state index contributed by atoms with van der Waals surface area (Å²) in [7, 11) is 0. The third kappa shape index (κ3) is 4.78. The number of morpholine rings is 1.